The van der Waals surface area contributed by atoms with E-state index in [2.05, 4.69) is 5.10 Å². The molecular formula is C15H15FN2O3. The predicted octanol–water partition coefficient (Wildman–Crippen LogP) is 2.26. The summed E-state index contributed by atoms with van der Waals surface area (Å²) in [5.41, 5.74) is 1.74. The molecule has 1 atom stereocenters. The second kappa shape index (κ2) is 5.65. The maximum absolute atomic E-state index is 13.0. The van der Waals surface area contributed by atoms with Crippen LogP contribution in [0.4, 0.5) is 4.39 Å². The summed E-state index contributed by atoms with van der Waals surface area (Å²) in [6.45, 7) is 3.24. The van der Waals surface area contributed by atoms with Gasteiger partial charge in [0.05, 0.1) is 25.5 Å². The maximum atomic E-state index is 13.0. The fraction of sp³-hybridized carbons (Fsp3) is 0.333. The zero-order valence-electron chi connectivity index (χ0n) is 11.6. The first-order valence-corrected chi connectivity index (χ1v) is 6.80. The second-order valence-corrected chi connectivity index (χ2v) is 4.78. The molecule has 1 unspecified atom stereocenters. The third kappa shape index (κ3) is 3.11. The van der Waals surface area contributed by atoms with E-state index in [0.29, 0.717) is 31.1 Å². The first kappa shape index (κ1) is 13.8. The molecule has 0 saturated carbocycles. The zero-order valence-corrected chi connectivity index (χ0v) is 11.6. The van der Waals surface area contributed by atoms with Crippen LogP contribution in [0.1, 0.15) is 17.4 Å². The molecule has 1 aromatic carbocycles. The van der Waals surface area contributed by atoms with Gasteiger partial charge in [0.25, 0.3) is 0 Å². The summed E-state index contributed by atoms with van der Waals surface area (Å²) in [4.78, 5) is 12.0. The van der Waals surface area contributed by atoms with Crippen LogP contribution in [-0.2, 0) is 16.0 Å². The zero-order chi connectivity index (χ0) is 14.8. The van der Waals surface area contributed by atoms with Gasteiger partial charge in [0.2, 0.25) is 0 Å². The van der Waals surface area contributed by atoms with Gasteiger partial charge >= 0.3 is 5.97 Å². The standard InChI is InChI=1S/C15H15FN2O3/c1-2-20-15(19)14-7-13(10-3-5-11(16)6-4-10)17-18(14)8-12-9-21-12/h3-7,12H,2,8-9H2,1H3. The van der Waals surface area contributed by atoms with Crippen LogP contribution >= 0.6 is 0 Å². The third-order valence-corrected chi connectivity index (χ3v) is 3.18. The fourth-order valence-corrected chi connectivity index (χ4v) is 2.05. The highest BCUT2D eigenvalue weighted by Crippen LogP contribution is 2.22. The Morgan fingerprint density at radius 1 is 1.48 bits per heavy atom. The summed E-state index contributed by atoms with van der Waals surface area (Å²) in [6.07, 6.45) is 0.0964. The Balaban J connectivity index is 1.93. The van der Waals surface area contributed by atoms with Gasteiger partial charge in [-0.1, -0.05) is 0 Å². The van der Waals surface area contributed by atoms with Gasteiger partial charge in [0.15, 0.2) is 0 Å². The molecule has 0 N–H and O–H groups in total. The monoisotopic (exact) mass is 290 g/mol. The molecule has 1 aliphatic rings. The Bertz CT molecular complexity index is 647. The van der Waals surface area contributed by atoms with Gasteiger partial charge in [-0.25, -0.2) is 9.18 Å². The summed E-state index contributed by atoms with van der Waals surface area (Å²) in [6, 6.07) is 7.65. The van der Waals surface area contributed by atoms with E-state index in [4.69, 9.17) is 9.47 Å². The van der Waals surface area contributed by atoms with Gasteiger partial charge in [-0.2, -0.15) is 5.10 Å². The van der Waals surface area contributed by atoms with Crippen molar-refractivity contribution in [3.8, 4) is 11.3 Å². The molecule has 0 radical (unpaired) electrons. The van der Waals surface area contributed by atoms with Crippen LogP contribution in [0, 0.1) is 5.82 Å². The molecule has 5 nitrogen and oxygen atoms in total. The number of nitrogens with zero attached hydrogens (tertiary/aromatic N) is 2. The van der Waals surface area contributed by atoms with E-state index in [1.165, 1.54) is 12.1 Å². The first-order valence-electron chi connectivity index (χ1n) is 6.80. The number of halogens is 1. The van der Waals surface area contributed by atoms with Gasteiger partial charge in [-0.05, 0) is 37.3 Å². The lowest BCUT2D eigenvalue weighted by Gasteiger charge is -2.04. The van der Waals surface area contributed by atoms with E-state index < -0.39 is 5.97 Å². The average molecular weight is 290 g/mol. The Kier molecular flexibility index (Phi) is 3.70. The number of hydrogen-bond donors (Lipinski definition) is 0. The Morgan fingerprint density at radius 3 is 2.81 bits per heavy atom. The predicted molar refractivity (Wildman–Crippen MR) is 73.3 cm³/mol. The van der Waals surface area contributed by atoms with Crippen molar-refractivity contribution in [3.63, 3.8) is 0 Å². The topological polar surface area (TPSA) is 56.6 Å². The highest BCUT2D eigenvalue weighted by molar-refractivity contribution is 5.89. The number of epoxide rings is 1. The molecule has 6 heteroatoms. The largest absolute Gasteiger partial charge is 0.461 e. The number of aromatic nitrogens is 2. The SMILES string of the molecule is CCOC(=O)c1cc(-c2ccc(F)cc2)nn1CC1CO1. The lowest BCUT2D eigenvalue weighted by atomic mass is 10.1. The number of esters is 1. The molecule has 0 amide bonds. The molecule has 2 heterocycles. The van der Waals surface area contributed by atoms with Gasteiger partial charge in [-0.15, -0.1) is 0 Å². The van der Waals surface area contributed by atoms with Gasteiger partial charge in [0, 0.05) is 5.56 Å². The molecule has 21 heavy (non-hydrogen) atoms. The van der Waals surface area contributed by atoms with Crippen LogP contribution in [0.5, 0.6) is 0 Å². The minimum absolute atomic E-state index is 0.0964. The van der Waals surface area contributed by atoms with E-state index in [1.54, 1.807) is 29.8 Å². The highest BCUT2D eigenvalue weighted by Gasteiger charge is 2.27. The second-order valence-electron chi connectivity index (χ2n) is 4.78. The average Bonchev–Trinajstić information content (AvgIpc) is 3.18. The van der Waals surface area contributed by atoms with Crippen molar-refractivity contribution >= 4 is 5.97 Å². The highest BCUT2D eigenvalue weighted by atomic mass is 19.1. The number of benzene rings is 1. The minimum Gasteiger partial charge on any atom is -0.461 e. The van der Waals surface area contributed by atoms with Crippen molar-refractivity contribution in [1.82, 2.24) is 9.78 Å². The molecular weight excluding hydrogens is 275 g/mol. The minimum atomic E-state index is -0.418. The fourth-order valence-electron chi connectivity index (χ4n) is 2.05. The Morgan fingerprint density at radius 2 is 2.19 bits per heavy atom. The van der Waals surface area contributed by atoms with Crippen LogP contribution in [-0.4, -0.2) is 35.1 Å². The van der Waals surface area contributed by atoms with E-state index in [1.807, 2.05) is 0 Å². The van der Waals surface area contributed by atoms with Crippen molar-refractivity contribution < 1.29 is 18.7 Å². The smallest absolute Gasteiger partial charge is 0.356 e. The van der Waals surface area contributed by atoms with Crippen molar-refractivity contribution in [2.75, 3.05) is 13.2 Å². The number of rotatable bonds is 5. The number of ether oxygens (including phenoxy) is 2. The molecule has 3 rings (SSSR count). The summed E-state index contributed by atoms with van der Waals surface area (Å²) >= 11 is 0. The van der Waals surface area contributed by atoms with Crippen molar-refractivity contribution in [2.24, 2.45) is 0 Å². The van der Waals surface area contributed by atoms with Crippen LogP contribution in [0.2, 0.25) is 0 Å². The molecule has 1 aromatic heterocycles. The lowest BCUT2D eigenvalue weighted by molar-refractivity contribution is 0.0511. The number of carbonyl (C=O) groups excluding carboxylic acids is 1. The van der Waals surface area contributed by atoms with Crippen LogP contribution in [0.25, 0.3) is 11.3 Å². The molecule has 2 aromatic rings. The lowest BCUT2D eigenvalue weighted by Crippen LogP contribution is -2.15. The van der Waals surface area contributed by atoms with Crippen molar-refractivity contribution in [2.45, 2.75) is 19.6 Å². The molecule has 0 aliphatic carbocycles. The van der Waals surface area contributed by atoms with Gasteiger partial charge < -0.3 is 9.47 Å². The molecule has 0 spiro atoms. The molecule has 1 saturated heterocycles. The summed E-state index contributed by atoms with van der Waals surface area (Å²) in [5.74, 6) is -0.728. The maximum Gasteiger partial charge on any atom is 0.356 e. The molecule has 110 valence electrons. The van der Waals surface area contributed by atoms with E-state index >= 15 is 0 Å². The van der Waals surface area contributed by atoms with E-state index in [-0.39, 0.29) is 11.9 Å². The number of carbonyl (C=O) groups is 1. The van der Waals surface area contributed by atoms with Gasteiger partial charge in [0.1, 0.15) is 17.6 Å². The van der Waals surface area contributed by atoms with Gasteiger partial charge in [-0.3, -0.25) is 4.68 Å². The summed E-state index contributed by atoms with van der Waals surface area (Å²) in [5, 5.41) is 4.41. The number of hydrogen-bond acceptors (Lipinski definition) is 4. The van der Waals surface area contributed by atoms with Crippen LogP contribution in [0.15, 0.2) is 30.3 Å². The van der Waals surface area contributed by atoms with E-state index in [9.17, 15) is 9.18 Å². The Hall–Kier alpha value is -2.21. The van der Waals surface area contributed by atoms with E-state index in [0.717, 1.165) is 5.56 Å². The first-order chi connectivity index (χ1) is 10.2. The Labute approximate surface area is 121 Å². The molecule has 0 bridgehead atoms. The quantitative estimate of drug-likeness (QED) is 0.626. The summed E-state index contributed by atoms with van der Waals surface area (Å²) in [7, 11) is 0. The van der Waals surface area contributed by atoms with Crippen LogP contribution < -0.4 is 0 Å². The van der Waals surface area contributed by atoms with Crippen molar-refractivity contribution in [3.05, 3.63) is 41.8 Å². The van der Waals surface area contributed by atoms with Crippen LogP contribution in [0.3, 0.4) is 0 Å². The molecule has 1 fully saturated rings. The normalized spacial score (nSPS) is 16.8. The summed E-state index contributed by atoms with van der Waals surface area (Å²) < 4.78 is 24.8. The van der Waals surface area contributed by atoms with Crippen molar-refractivity contribution in [1.29, 1.82) is 0 Å². The molecule has 1 aliphatic heterocycles. The third-order valence-electron chi connectivity index (χ3n) is 3.18.